The van der Waals surface area contributed by atoms with Crippen LogP contribution in [0.1, 0.15) is 30.6 Å². The Morgan fingerprint density at radius 2 is 2.05 bits per heavy atom. The van der Waals surface area contributed by atoms with Crippen LogP contribution in [-0.4, -0.2) is 25.0 Å². The third-order valence-corrected chi connectivity index (χ3v) is 2.58. The molecular weight excluding hydrogens is 249 g/mol. The molecule has 19 heavy (non-hydrogen) atoms. The quantitative estimate of drug-likeness (QED) is 0.832. The van der Waals surface area contributed by atoms with Crippen molar-refractivity contribution in [3.63, 3.8) is 0 Å². The third kappa shape index (κ3) is 4.69. The van der Waals surface area contributed by atoms with Gasteiger partial charge in [0.05, 0.1) is 7.11 Å². The molecule has 0 heterocycles. The standard InChI is InChI=1S/C14H18FNO3/c1-9(2)7-12(14(18)19-3)16-13(17)10-5-4-6-11(15)8-10/h4-6,8-9,12H,7H2,1-3H3,(H,16,17). The van der Waals surface area contributed by atoms with E-state index in [-0.39, 0.29) is 11.5 Å². The SMILES string of the molecule is COC(=O)C(CC(C)C)NC(=O)c1cccc(F)c1. The second kappa shape index (κ2) is 6.87. The van der Waals surface area contributed by atoms with E-state index in [1.165, 1.54) is 25.3 Å². The third-order valence-electron chi connectivity index (χ3n) is 2.58. The second-order valence-corrected chi connectivity index (χ2v) is 4.69. The van der Waals surface area contributed by atoms with Crippen molar-refractivity contribution in [3.8, 4) is 0 Å². The number of amides is 1. The molecule has 0 bridgehead atoms. The Labute approximate surface area is 112 Å². The molecule has 5 heteroatoms. The highest BCUT2D eigenvalue weighted by Crippen LogP contribution is 2.09. The van der Waals surface area contributed by atoms with Crippen molar-refractivity contribution in [2.45, 2.75) is 26.3 Å². The Balaban J connectivity index is 2.78. The molecule has 0 saturated heterocycles. The van der Waals surface area contributed by atoms with Gasteiger partial charge in [-0.15, -0.1) is 0 Å². The van der Waals surface area contributed by atoms with E-state index < -0.39 is 23.7 Å². The number of nitrogens with one attached hydrogen (secondary N) is 1. The van der Waals surface area contributed by atoms with Crippen LogP contribution in [0.25, 0.3) is 0 Å². The van der Waals surface area contributed by atoms with Gasteiger partial charge in [0.1, 0.15) is 11.9 Å². The number of benzene rings is 1. The van der Waals surface area contributed by atoms with Gasteiger partial charge in [0.25, 0.3) is 5.91 Å². The Hall–Kier alpha value is -1.91. The van der Waals surface area contributed by atoms with Crippen molar-refractivity contribution in [1.29, 1.82) is 0 Å². The first-order valence-electron chi connectivity index (χ1n) is 6.08. The van der Waals surface area contributed by atoms with Crippen LogP contribution in [0.15, 0.2) is 24.3 Å². The lowest BCUT2D eigenvalue weighted by Gasteiger charge is -2.18. The van der Waals surface area contributed by atoms with Crippen LogP contribution in [0.4, 0.5) is 4.39 Å². The highest BCUT2D eigenvalue weighted by atomic mass is 19.1. The number of ether oxygens (including phenoxy) is 1. The first kappa shape index (κ1) is 15.1. The molecule has 1 aromatic rings. The monoisotopic (exact) mass is 267 g/mol. The second-order valence-electron chi connectivity index (χ2n) is 4.69. The Kier molecular flexibility index (Phi) is 5.48. The highest BCUT2D eigenvalue weighted by Gasteiger charge is 2.23. The van der Waals surface area contributed by atoms with E-state index in [0.29, 0.717) is 6.42 Å². The maximum absolute atomic E-state index is 13.0. The van der Waals surface area contributed by atoms with Crippen molar-refractivity contribution in [3.05, 3.63) is 35.6 Å². The Bertz CT molecular complexity index is 460. The normalized spacial score (nSPS) is 12.1. The molecule has 0 aliphatic carbocycles. The largest absolute Gasteiger partial charge is 0.467 e. The van der Waals surface area contributed by atoms with Gasteiger partial charge in [0, 0.05) is 5.56 Å². The fraction of sp³-hybridized carbons (Fsp3) is 0.429. The zero-order valence-electron chi connectivity index (χ0n) is 11.3. The molecule has 1 unspecified atom stereocenters. The first-order valence-corrected chi connectivity index (χ1v) is 6.08. The van der Waals surface area contributed by atoms with Gasteiger partial charge in [-0.05, 0) is 30.5 Å². The minimum absolute atomic E-state index is 0.178. The predicted octanol–water partition coefficient (Wildman–Crippen LogP) is 2.14. The van der Waals surface area contributed by atoms with Crippen molar-refractivity contribution in [1.82, 2.24) is 5.32 Å². The fourth-order valence-corrected chi connectivity index (χ4v) is 1.70. The molecule has 1 N–H and O–H groups in total. The summed E-state index contributed by atoms with van der Waals surface area (Å²) in [7, 11) is 1.27. The lowest BCUT2D eigenvalue weighted by molar-refractivity contribution is -0.143. The molecule has 1 aromatic carbocycles. The van der Waals surface area contributed by atoms with Gasteiger partial charge in [0.15, 0.2) is 0 Å². The lowest BCUT2D eigenvalue weighted by Crippen LogP contribution is -2.42. The average molecular weight is 267 g/mol. The van der Waals surface area contributed by atoms with Crippen molar-refractivity contribution < 1.29 is 18.7 Å². The zero-order chi connectivity index (χ0) is 14.4. The summed E-state index contributed by atoms with van der Waals surface area (Å²) in [4.78, 5) is 23.5. The number of hydrogen-bond donors (Lipinski definition) is 1. The summed E-state index contributed by atoms with van der Waals surface area (Å²) in [5, 5.41) is 2.56. The molecule has 1 amide bonds. The zero-order valence-corrected chi connectivity index (χ0v) is 11.3. The van der Waals surface area contributed by atoms with Gasteiger partial charge in [-0.25, -0.2) is 9.18 Å². The summed E-state index contributed by atoms with van der Waals surface area (Å²) in [6.45, 7) is 3.87. The van der Waals surface area contributed by atoms with Crippen LogP contribution in [0.3, 0.4) is 0 Å². The van der Waals surface area contributed by atoms with Crippen LogP contribution >= 0.6 is 0 Å². The van der Waals surface area contributed by atoms with Crippen LogP contribution in [0.2, 0.25) is 0 Å². The van der Waals surface area contributed by atoms with Crippen LogP contribution in [0, 0.1) is 11.7 Å². The van der Waals surface area contributed by atoms with E-state index in [2.05, 4.69) is 10.1 Å². The fourth-order valence-electron chi connectivity index (χ4n) is 1.70. The van der Waals surface area contributed by atoms with Gasteiger partial charge in [-0.2, -0.15) is 0 Å². The smallest absolute Gasteiger partial charge is 0.328 e. The number of carbonyl (C=O) groups is 2. The van der Waals surface area contributed by atoms with E-state index in [0.717, 1.165) is 6.07 Å². The van der Waals surface area contributed by atoms with E-state index in [1.807, 2.05) is 13.8 Å². The summed E-state index contributed by atoms with van der Waals surface area (Å²) in [5.74, 6) is -1.27. The van der Waals surface area contributed by atoms with E-state index in [9.17, 15) is 14.0 Å². The summed E-state index contributed by atoms with van der Waals surface area (Å²) in [6.07, 6.45) is 0.466. The van der Waals surface area contributed by atoms with Crippen molar-refractivity contribution in [2.75, 3.05) is 7.11 Å². The molecular formula is C14H18FNO3. The van der Waals surface area contributed by atoms with E-state index >= 15 is 0 Å². The molecule has 0 fully saturated rings. The van der Waals surface area contributed by atoms with Crippen LogP contribution in [0.5, 0.6) is 0 Å². The van der Waals surface area contributed by atoms with E-state index in [4.69, 9.17) is 0 Å². The number of esters is 1. The first-order chi connectivity index (χ1) is 8.93. The summed E-state index contributed by atoms with van der Waals surface area (Å²) in [5.41, 5.74) is 0.178. The van der Waals surface area contributed by atoms with Gasteiger partial charge < -0.3 is 10.1 Å². The molecule has 4 nitrogen and oxygen atoms in total. The lowest BCUT2D eigenvalue weighted by atomic mass is 10.0. The molecule has 0 spiro atoms. The number of carbonyl (C=O) groups excluding carboxylic acids is 2. The maximum Gasteiger partial charge on any atom is 0.328 e. The minimum Gasteiger partial charge on any atom is -0.467 e. The molecule has 0 radical (unpaired) electrons. The van der Waals surface area contributed by atoms with Crippen molar-refractivity contribution >= 4 is 11.9 Å². The van der Waals surface area contributed by atoms with Gasteiger partial charge >= 0.3 is 5.97 Å². The number of rotatable bonds is 5. The Morgan fingerprint density at radius 3 is 2.58 bits per heavy atom. The minimum atomic E-state index is -0.722. The van der Waals surface area contributed by atoms with Crippen LogP contribution < -0.4 is 5.32 Å². The van der Waals surface area contributed by atoms with Crippen LogP contribution in [-0.2, 0) is 9.53 Å². The highest BCUT2D eigenvalue weighted by molar-refractivity contribution is 5.96. The topological polar surface area (TPSA) is 55.4 Å². The van der Waals surface area contributed by atoms with Gasteiger partial charge in [-0.3, -0.25) is 4.79 Å². The number of hydrogen-bond acceptors (Lipinski definition) is 3. The molecule has 0 aromatic heterocycles. The van der Waals surface area contributed by atoms with Crippen molar-refractivity contribution in [2.24, 2.45) is 5.92 Å². The molecule has 0 saturated carbocycles. The van der Waals surface area contributed by atoms with E-state index in [1.54, 1.807) is 0 Å². The summed E-state index contributed by atoms with van der Waals surface area (Å²) < 4.78 is 17.7. The molecule has 1 atom stereocenters. The number of methoxy groups -OCH3 is 1. The molecule has 0 aliphatic heterocycles. The molecule has 0 aliphatic rings. The van der Waals surface area contributed by atoms with Gasteiger partial charge in [0.2, 0.25) is 0 Å². The molecule has 1 rings (SSSR count). The predicted molar refractivity (Wildman–Crippen MR) is 69.1 cm³/mol. The number of halogens is 1. The summed E-state index contributed by atoms with van der Waals surface area (Å²) in [6, 6.07) is 4.59. The maximum atomic E-state index is 13.0. The van der Waals surface area contributed by atoms with Gasteiger partial charge in [-0.1, -0.05) is 19.9 Å². The summed E-state index contributed by atoms with van der Waals surface area (Å²) >= 11 is 0. The Morgan fingerprint density at radius 1 is 1.37 bits per heavy atom. The average Bonchev–Trinajstić information content (AvgIpc) is 2.36. The molecule has 104 valence electrons.